The van der Waals surface area contributed by atoms with Crippen molar-refractivity contribution < 1.29 is 4.74 Å². The number of hydrogen-bond donors (Lipinski definition) is 1. The van der Waals surface area contributed by atoms with E-state index in [4.69, 9.17) is 15.7 Å². The fraction of sp³-hybridized carbons (Fsp3) is 0.429. The van der Waals surface area contributed by atoms with Crippen LogP contribution in [0.2, 0.25) is 0 Å². The summed E-state index contributed by atoms with van der Waals surface area (Å²) in [5.74, 6) is 0.330. The van der Waals surface area contributed by atoms with Crippen LogP contribution < -0.4 is 10.5 Å². The topological polar surface area (TPSA) is 76.9 Å². The maximum Gasteiger partial charge on any atom is 0.257 e. The highest BCUT2D eigenvalue weighted by atomic mass is 16.5. The van der Waals surface area contributed by atoms with E-state index in [-0.39, 0.29) is 6.61 Å². The van der Waals surface area contributed by atoms with Crippen molar-refractivity contribution in [3.8, 4) is 11.9 Å². The van der Waals surface area contributed by atoms with Gasteiger partial charge in [-0.15, -0.1) is 5.10 Å². The van der Waals surface area contributed by atoms with Gasteiger partial charge in [0.25, 0.3) is 5.88 Å². The molecule has 0 aliphatic carbocycles. The molecule has 5 nitrogen and oxygen atoms in total. The molecule has 0 radical (unpaired) electrons. The van der Waals surface area contributed by atoms with Crippen LogP contribution in [0.3, 0.4) is 0 Å². The van der Waals surface area contributed by atoms with E-state index in [9.17, 15) is 0 Å². The zero-order valence-corrected chi connectivity index (χ0v) is 7.03. The Bertz CT molecular complexity index is 323. The van der Waals surface area contributed by atoms with Gasteiger partial charge in [-0.05, 0) is 6.92 Å². The largest absolute Gasteiger partial charge is 0.460 e. The summed E-state index contributed by atoms with van der Waals surface area (Å²) in [6.07, 6.45) is 0. The number of aryl methyl sites for hydroxylation is 1. The fourth-order valence-electron chi connectivity index (χ4n) is 0.801. The molecular weight excluding hydrogens is 156 g/mol. The van der Waals surface area contributed by atoms with Gasteiger partial charge in [0.05, 0.1) is 5.69 Å². The molecule has 0 aromatic carbocycles. The molecule has 0 saturated carbocycles. The van der Waals surface area contributed by atoms with Crippen molar-refractivity contribution in [2.45, 2.75) is 6.92 Å². The number of hydrogen-bond acceptors (Lipinski definition) is 4. The second-order valence-electron chi connectivity index (χ2n) is 2.37. The number of nitrogens with two attached hydrogens (primary N) is 1. The number of ether oxygens (including phenoxy) is 1. The van der Waals surface area contributed by atoms with Crippen molar-refractivity contribution in [3.05, 3.63) is 5.69 Å². The molecule has 0 fully saturated rings. The first-order valence-electron chi connectivity index (χ1n) is 3.45. The van der Waals surface area contributed by atoms with E-state index in [1.54, 1.807) is 11.7 Å². The Hall–Kier alpha value is -1.70. The van der Waals surface area contributed by atoms with Gasteiger partial charge in [-0.2, -0.15) is 5.26 Å². The first-order valence-corrected chi connectivity index (χ1v) is 3.45. The van der Waals surface area contributed by atoms with E-state index in [0.29, 0.717) is 11.6 Å². The number of nitrogen functional groups attached to an aromatic ring is 1. The molecule has 1 heterocycles. The molecule has 1 aromatic heterocycles. The fourth-order valence-corrected chi connectivity index (χ4v) is 0.801. The molecule has 5 heteroatoms. The molecule has 0 saturated heterocycles. The molecule has 64 valence electrons. The zero-order valence-electron chi connectivity index (χ0n) is 7.03. The normalized spacial score (nSPS) is 9.42. The Kier molecular flexibility index (Phi) is 2.19. The van der Waals surface area contributed by atoms with Gasteiger partial charge in [0, 0.05) is 7.05 Å². The second kappa shape index (κ2) is 3.13. The lowest BCUT2D eigenvalue weighted by molar-refractivity contribution is 0.350. The Morgan fingerprint density at radius 1 is 1.75 bits per heavy atom. The standard InChI is InChI=1S/C7H10N4O/c1-5-6(9)7(10-11(5)2)12-4-3-8/h4,9H2,1-2H3. The molecule has 0 aliphatic heterocycles. The van der Waals surface area contributed by atoms with Crippen LogP contribution in [0, 0.1) is 18.3 Å². The van der Waals surface area contributed by atoms with Gasteiger partial charge in [0.2, 0.25) is 0 Å². The van der Waals surface area contributed by atoms with Crippen molar-refractivity contribution in [2.75, 3.05) is 12.3 Å². The molecule has 2 N–H and O–H groups in total. The first-order chi connectivity index (χ1) is 5.66. The summed E-state index contributed by atoms with van der Waals surface area (Å²) in [7, 11) is 1.77. The van der Waals surface area contributed by atoms with E-state index >= 15 is 0 Å². The quantitative estimate of drug-likeness (QED) is 0.681. The van der Waals surface area contributed by atoms with Crippen molar-refractivity contribution in [1.29, 1.82) is 5.26 Å². The van der Waals surface area contributed by atoms with Crippen LogP contribution in [0.25, 0.3) is 0 Å². The molecule has 0 unspecified atom stereocenters. The van der Waals surface area contributed by atoms with Crippen LogP contribution in [0.4, 0.5) is 5.69 Å². The third-order valence-electron chi connectivity index (χ3n) is 1.62. The zero-order chi connectivity index (χ0) is 9.14. The average molecular weight is 166 g/mol. The van der Waals surface area contributed by atoms with Crippen LogP contribution in [0.15, 0.2) is 0 Å². The molecule has 0 atom stereocenters. The SMILES string of the molecule is Cc1c(N)c(OCC#N)nn1C. The molecule has 0 bridgehead atoms. The lowest BCUT2D eigenvalue weighted by atomic mass is 10.4. The van der Waals surface area contributed by atoms with E-state index < -0.39 is 0 Å². The molecule has 0 amide bonds. The van der Waals surface area contributed by atoms with E-state index in [1.165, 1.54) is 0 Å². The molecular formula is C7H10N4O. The highest BCUT2D eigenvalue weighted by Gasteiger charge is 2.09. The van der Waals surface area contributed by atoms with Gasteiger partial charge in [-0.25, -0.2) is 0 Å². The molecule has 1 aromatic rings. The minimum atomic E-state index is -0.0271. The number of rotatable bonds is 2. The Balaban J connectivity index is 2.87. The van der Waals surface area contributed by atoms with Crippen LogP contribution in [0.5, 0.6) is 5.88 Å². The maximum absolute atomic E-state index is 8.24. The van der Waals surface area contributed by atoms with Gasteiger partial charge in [-0.3, -0.25) is 4.68 Å². The predicted molar refractivity (Wildman–Crippen MR) is 43.5 cm³/mol. The molecule has 1 rings (SSSR count). The maximum atomic E-state index is 8.24. The van der Waals surface area contributed by atoms with Crippen LogP contribution in [0.1, 0.15) is 5.69 Å². The predicted octanol–water partition coefficient (Wildman–Crippen LogP) is 0.213. The third kappa shape index (κ3) is 1.32. The summed E-state index contributed by atoms with van der Waals surface area (Å²) >= 11 is 0. The monoisotopic (exact) mass is 166 g/mol. The molecule has 0 aliphatic rings. The minimum Gasteiger partial charge on any atom is -0.460 e. The molecule has 0 spiro atoms. The summed E-state index contributed by atoms with van der Waals surface area (Å²) in [5, 5.41) is 12.2. The van der Waals surface area contributed by atoms with Gasteiger partial charge in [0.15, 0.2) is 6.61 Å². The Morgan fingerprint density at radius 3 is 2.83 bits per heavy atom. The summed E-state index contributed by atoms with van der Waals surface area (Å²) in [5.41, 5.74) is 6.96. The Labute approximate surface area is 70.3 Å². The smallest absolute Gasteiger partial charge is 0.257 e. The van der Waals surface area contributed by atoms with Crippen LogP contribution >= 0.6 is 0 Å². The van der Waals surface area contributed by atoms with Crippen molar-refractivity contribution >= 4 is 5.69 Å². The van der Waals surface area contributed by atoms with E-state index in [1.807, 2.05) is 13.0 Å². The molecule has 12 heavy (non-hydrogen) atoms. The van der Waals surface area contributed by atoms with Crippen molar-refractivity contribution in [3.63, 3.8) is 0 Å². The summed E-state index contributed by atoms with van der Waals surface area (Å²) in [4.78, 5) is 0. The minimum absolute atomic E-state index is 0.0271. The van der Waals surface area contributed by atoms with Crippen molar-refractivity contribution in [1.82, 2.24) is 9.78 Å². The van der Waals surface area contributed by atoms with Crippen molar-refractivity contribution in [2.24, 2.45) is 7.05 Å². The Morgan fingerprint density at radius 2 is 2.42 bits per heavy atom. The van der Waals surface area contributed by atoms with E-state index in [0.717, 1.165) is 5.69 Å². The number of aromatic nitrogens is 2. The van der Waals surface area contributed by atoms with E-state index in [2.05, 4.69) is 5.10 Å². The number of nitriles is 1. The summed E-state index contributed by atoms with van der Waals surface area (Å²) < 4.78 is 6.58. The van der Waals surface area contributed by atoms with Crippen LogP contribution in [-0.2, 0) is 7.05 Å². The highest BCUT2D eigenvalue weighted by Crippen LogP contribution is 2.22. The average Bonchev–Trinajstić information content (AvgIpc) is 2.30. The number of nitrogens with zero attached hydrogens (tertiary/aromatic N) is 3. The lowest BCUT2D eigenvalue weighted by Gasteiger charge is -1.95. The van der Waals surface area contributed by atoms with Gasteiger partial charge < -0.3 is 10.5 Å². The van der Waals surface area contributed by atoms with Gasteiger partial charge in [0.1, 0.15) is 11.8 Å². The third-order valence-corrected chi connectivity index (χ3v) is 1.62. The second-order valence-corrected chi connectivity index (χ2v) is 2.37. The summed E-state index contributed by atoms with van der Waals surface area (Å²) in [6.45, 7) is 1.81. The van der Waals surface area contributed by atoms with Gasteiger partial charge in [-0.1, -0.05) is 0 Å². The van der Waals surface area contributed by atoms with Crippen LogP contribution in [-0.4, -0.2) is 16.4 Å². The summed E-state index contributed by atoms with van der Waals surface area (Å²) in [6, 6.07) is 1.85. The van der Waals surface area contributed by atoms with Gasteiger partial charge >= 0.3 is 0 Å². The highest BCUT2D eigenvalue weighted by molar-refractivity contribution is 5.52. The number of anilines is 1. The lowest BCUT2D eigenvalue weighted by Crippen LogP contribution is -1.97. The first kappa shape index (κ1) is 8.40.